The van der Waals surface area contributed by atoms with E-state index in [1.54, 1.807) is 41.3 Å². The van der Waals surface area contributed by atoms with Gasteiger partial charge in [-0.25, -0.2) is 13.3 Å². The third-order valence-electron chi connectivity index (χ3n) is 7.09. The molecule has 8 atom stereocenters. The summed E-state index contributed by atoms with van der Waals surface area (Å²) in [6.07, 6.45) is 2.98. The zero-order valence-corrected chi connectivity index (χ0v) is 18.8. The third-order valence-corrected chi connectivity index (χ3v) is 7.60. The van der Waals surface area contributed by atoms with Crippen molar-refractivity contribution >= 4 is 34.5 Å². The Morgan fingerprint density at radius 2 is 2.00 bits per heavy atom. The Morgan fingerprint density at radius 1 is 1.21 bits per heavy atom. The summed E-state index contributed by atoms with van der Waals surface area (Å²) in [6, 6.07) is 8.47. The van der Waals surface area contributed by atoms with Crippen molar-refractivity contribution in [3.63, 3.8) is 0 Å². The highest BCUT2D eigenvalue weighted by Crippen LogP contribution is 2.44. The number of pyridine rings is 2. The fourth-order valence-corrected chi connectivity index (χ4v) is 5.73. The molecular formula is C23H24ClF2N7O. The van der Waals surface area contributed by atoms with Gasteiger partial charge in [0, 0.05) is 48.8 Å². The third kappa shape index (κ3) is 3.79. The van der Waals surface area contributed by atoms with Crippen molar-refractivity contribution in [1.29, 1.82) is 0 Å². The molecule has 3 aliphatic rings. The van der Waals surface area contributed by atoms with Crippen molar-refractivity contribution in [1.82, 2.24) is 25.4 Å². The lowest BCUT2D eigenvalue weighted by Gasteiger charge is -2.44. The highest BCUT2D eigenvalue weighted by atomic mass is 35.5. The molecule has 0 aromatic carbocycles. The molecule has 2 aliphatic carbocycles. The second-order valence-electron chi connectivity index (χ2n) is 9.24. The van der Waals surface area contributed by atoms with Crippen LogP contribution in [0.3, 0.4) is 0 Å². The van der Waals surface area contributed by atoms with Gasteiger partial charge in [-0.1, -0.05) is 0 Å². The summed E-state index contributed by atoms with van der Waals surface area (Å²) in [4.78, 5) is 16.1. The zero-order valence-electron chi connectivity index (χ0n) is 18.0. The van der Waals surface area contributed by atoms with Crippen LogP contribution >= 0.6 is 11.6 Å². The first-order chi connectivity index (χ1) is 16.5. The molecule has 0 spiro atoms. The summed E-state index contributed by atoms with van der Waals surface area (Å²) in [5.74, 6) is -0.775. The van der Waals surface area contributed by atoms with Gasteiger partial charge < -0.3 is 10.6 Å². The Bertz CT molecular complexity index is 1210. The largest absolute Gasteiger partial charge is 0.378 e. The summed E-state index contributed by atoms with van der Waals surface area (Å²) in [5, 5.41) is 9.57. The lowest BCUT2D eigenvalue weighted by Crippen LogP contribution is -2.59. The van der Waals surface area contributed by atoms with Crippen LogP contribution in [0.25, 0.3) is 5.52 Å². The van der Waals surface area contributed by atoms with Crippen molar-refractivity contribution in [3.05, 3.63) is 54.5 Å². The number of anilines is 2. The number of fused-ring (bicyclic) bond motifs is 2. The van der Waals surface area contributed by atoms with E-state index < -0.39 is 29.7 Å². The van der Waals surface area contributed by atoms with Gasteiger partial charge in [-0.3, -0.25) is 20.6 Å². The fraction of sp³-hybridized carbons (Fsp3) is 0.435. The number of halogens is 3. The Morgan fingerprint density at radius 3 is 2.76 bits per heavy atom. The van der Waals surface area contributed by atoms with Gasteiger partial charge in [-0.2, -0.15) is 5.10 Å². The van der Waals surface area contributed by atoms with Crippen molar-refractivity contribution in [2.75, 3.05) is 17.2 Å². The highest BCUT2D eigenvalue weighted by molar-refractivity contribution is 6.21. The highest BCUT2D eigenvalue weighted by Gasteiger charge is 2.53. The quantitative estimate of drug-likeness (QED) is 0.413. The summed E-state index contributed by atoms with van der Waals surface area (Å²) < 4.78 is 30.5. The molecule has 8 nitrogen and oxygen atoms in total. The van der Waals surface area contributed by atoms with E-state index in [0.29, 0.717) is 12.4 Å². The van der Waals surface area contributed by atoms with Gasteiger partial charge in [0.1, 0.15) is 12.3 Å². The summed E-state index contributed by atoms with van der Waals surface area (Å²) >= 11 is 6.78. The van der Waals surface area contributed by atoms with Gasteiger partial charge in [-0.15, -0.1) is 11.6 Å². The van der Waals surface area contributed by atoms with Crippen LogP contribution in [0.4, 0.5) is 20.3 Å². The van der Waals surface area contributed by atoms with Crippen LogP contribution in [0.1, 0.15) is 17.9 Å². The van der Waals surface area contributed by atoms with E-state index in [9.17, 15) is 9.18 Å². The topological polar surface area (TPSA) is 95.4 Å². The van der Waals surface area contributed by atoms with Gasteiger partial charge in [0.05, 0.1) is 22.9 Å². The Labute approximate surface area is 199 Å². The molecule has 0 radical (unpaired) electrons. The molecule has 6 unspecified atom stereocenters. The molecule has 0 bridgehead atoms. The summed E-state index contributed by atoms with van der Waals surface area (Å²) in [7, 11) is 0. The number of amides is 1. The molecule has 34 heavy (non-hydrogen) atoms. The van der Waals surface area contributed by atoms with Crippen LogP contribution in [0.5, 0.6) is 0 Å². The van der Waals surface area contributed by atoms with E-state index in [1.807, 2.05) is 12.1 Å². The Kier molecular flexibility index (Phi) is 5.39. The lowest BCUT2D eigenvalue weighted by atomic mass is 9.70. The minimum Gasteiger partial charge on any atom is -0.378 e. The maximum absolute atomic E-state index is 15.7. The van der Waals surface area contributed by atoms with Crippen LogP contribution in [0.15, 0.2) is 48.9 Å². The van der Waals surface area contributed by atoms with Gasteiger partial charge in [-0.05, 0) is 42.2 Å². The first kappa shape index (κ1) is 21.7. The number of carbonyl (C=O) groups is 1. The number of nitrogens with one attached hydrogen (secondary N) is 4. The standard InChI is InChI=1S/C23H24ClF2N7O/c24-19-18(15-10-28-31-21(15)22(20(19)26)29-12-1-4-27-5-2-12)11-3-6-33-13(7-11)8-17(32-33)30-23(34)14-9-16(14)25/h1-8,14-16,18-22,28,31H,9-10H2,(H,27,29)(H,30,32,34)/t14-,15?,16+,18?,19?,20?,21?,22?/m1/s1. The average Bonchev–Trinajstić information content (AvgIpc) is 3.19. The Balaban J connectivity index is 1.26. The van der Waals surface area contributed by atoms with E-state index in [1.165, 1.54) is 0 Å². The van der Waals surface area contributed by atoms with E-state index >= 15 is 4.39 Å². The molecular weight excluding hydrogens is 464 g/mol. The average molecular weight is 488 g/mol. The van der Waals surface area contributed by atoms with Crippen molar-refractivity contribution in [2.24, 2.45) is 11.8 Å². The predicted molar refractivity (Wildman–Crippen MR) is 124 cm³/mol. The number of nitrogens with zero attached hydrogens (tertiary/aromatic N) is 3. The number of aromatic nitrogens is 3. The second kappa shape index (κ2) is 8.44. The normalized spacial score (nSPS) is 34.6. The number of rotatable bonds is 5. The van der Waals surface area contributed by atoms with Crippen molar-refractivity contribution in [2.45, 2.75) is 42.1 Å². The molecule has 6 rings (SSSR count). The number of carbonyl (C=O) groups excluding carboxylic acids is 1. The van der Waals surface area contributed by atoms with Crippen molar-refractivity contribution in [3.8, 4) is 0 Å². The van der Waals surface area contributed by atoms with E-state index in [4.69, 9.17) is 11.6 Å². The molecule has 178 valence electrons. The van der Waals surface area contributed by atoms with Crippen LogP contribution in [0, 0.1) is 11.8 Å². The summed E-state index contributed by atoms with van der Waals surface area (Å²) in [6.45, 7) is 0.650. The SMILES string of the molecule is O=C(Nc1cc2cc(C3C(Cl)C(F)C(Nc4ccncc4)C4NNCC43)ccn2n1)[C@@H]1C[C@@H]1F. The fourth-order valence-electron chi connectivity index (χ4n) is 5.24. The first-order valence-electron chi connectivity index (χ1n) is 11.4. The number of hydrazine groups is 1. The molecule has 3 aromatic rings. The monoisotopic (exact) mass is 487 g/mol. The van der Waals surface area contributed by atoms with Crippen LogP contribution in [0.2, 0.25) is 0 Å². The smallest absolute Gasteiger partial charge is 0.231 e. The Hall–Kier alpha value is -2.82. The minimum atomic E-state index is -1.31. The zero-order chi connectivity index (χ0) is 23.4. The molecule has 4 N–H and O–H groups in total. The van der Waals surface area contributed by atoms with E-state index in [-0.39, 0.29) is 30.2 Å². The molecule has 1 amide bonds. The number of hydrogen-bond acceptors (Lipinski definition) is 6. The summed E-state index contributed by atoms with van der Waals surface area (Å²) in [5.41, 5.74) is 8.86. The molecule has 3 aromatic heterocycles. The van der Waals surface area contributed by atoms with Crippen LogP contribution < -0.4 is 21.5 Å². The first-order valence-corrected chi connectivity index (χ1v) is 11.8. The lowest BCUT2D eigenvalue weighted by molar-refractivity contribution is -0.117. The maximum atomic E-state index is 15.7. The molecule has 4 heterocycles. The van der Waals surface area contributed by atoms with Gasteiger partial charge in [0.25, 0.3) is 0 Å². The van der Waals surface area contributed by atoms with E-state index in [2.05, 4.69) is 31.6 Å². The molecule has 3 fully saturated rings. The van der Waals surface area contributed by atoms with Crippen LogP contribution in [-0.4, -0.2) is 56.9 Å². The molecule has 1 aliphatic heterocycles. The van der Waals surface area contributed by atoms with Gasteiger partial charge in [0.15, 0.2) is 5.82 Å². The van der Waals surface area contributed by atoms with Gasteiger partial charge in [0.2, 0.25) is 5.91 Å². The maximum Gasteiger partial charge on any atom is 0.231 e. The molecule has 2 saturated carbocycles. The van der Waals surface area contributed by atoms with Crippen molar-refractivity contribution < 1.29 is 13.6 Å². The second-order valence-corrected chi connectivity index (χ2v) is 9.75. The van der Waals surface area contributed by atoms with Crippen LogP contribution in [-0.2, 0) is 4.79 Å². The predicted octanol–water partition coefficient (Wildman–Crippen LogP) is 2.64. The minimum absolute atomic E-state index is 0.0507. The number of alkyl halides is 3. The van der Waals surface area contributed by atoms with Gasteiger partial charge >= 0.3 is 0 Å². The van der Waals surface area contributed by atoms with E-state index in [0.717, 1.165) is 16.8 Å². The molecule has 11 heteroatoms. The molecule has 1 saturated heterocycles. The number of hydrogen-bond donors (Lipinski definition) is 4.